The lowest BCUT2D eigenvalue weighted by molar-refractivity contribution is -0.0878. The Morgan fingerprint density at radius 3 is 1.48 bits per heavy atom. The standard InChI is InChI=1S/C31H54/c1-4-12-25(13-5-1)22-29-21-20-28-18-10-11-19-30(28)31(29,23-26-14-6-2-7-15-26)24-27-16-8-3-9-17-27/h25-30H,1-24H2. The van der Waals surface area contributed by atoms with Gasteiger partial charge >= 0.3 is 0 Å². The first-order valence-corrected chi connectivity index (χ1v) is 15.3. The minimum atomic E-state index is 0.755. The van der Waals surface area contributed by atoms with Crippen molar-refractivity contribution in [2.24, 2.45) is 40.9 Å². The third kappa shape index (κ3) is 5.40. The summed E-state index contributed by atoms with van der Waals surface area (Å²) in [6.45, 7) is 0. The molecule has 5 fully saturated rings. The Kier molecular flexibility index (Phi) is 8.05. The van der Waals surface area contributed by atoms with Gasteiger partial charge in [-0.15, -0.1) is 0 Å². The molecule has 0 aromatic heterocycles. The molecule has 0 N–H and O–H groups in total. The number of rotatable bonds is 6. The van der Waals surface area contributed by atoms with Gasteiger partial charge in [-0.25, -0.2) is 0 Å². The molecule has 0 spiro atoms. The van der Waals surface area contributed by atoms with E-state index >= 15 is 0 Å². The van der Waals surface area contributed by atoms with E-state index in [1.54, 1.807) is 135 Å². The van der Waals surface area contributed by atoms with Crippen LogP contribution in [0.15, 0.2) is 0 Å². The molecule has 178 valence electrons. The average Bonchev–Trinajstić information content (AvgIpc) is 2.83. The van der Waals surface area contributed by atoms with E-state index in [1.165, 1.54) is 19.3 Å². The van der Waals surface area contributed by atoms with Crippen molar-refractivity contribution in [3.05, 3.63) is 0 Å². The third-order valence-electron chi connectivity index (χ3n) is 11.5. The van der Waals surface area contributed by atoms with Crippen molar-refractivity contribution in [3.8, 4) is 0 Å². The van der Waals surface area contributed by atoms with Crippen LogP contribution in [-0.2, 0) is 0 Å². The summed E-state index contributed by atoms with van der Waals surface area (Å²) in [5.74, 6) is 6.60. The molecule has 0 nitrogen and oxygen atoms in total. The predicted molar refractivity (Wildman–Crippen MR) is 134 cm³/mol. The van der Waals surface area contributed by atoms with E-state index in [9.17, 15) is 0 Å². The lowest BCUT2D eigenvalue weighted by atomic mass is 9.46. The Labute approximate surface area is 195 Å². The van der Waals surface area contributed by atoms with Gasteiger partial charge in [-0.2, -0.15) is 0 Å². The van der Waals surface area contributed by atoms with Crippen LogP contribution in [0.25, 0.3) is 0 Å². The lowest BCUT2D eigenvalue weighted by Gasteiger charge is -2.58. The summed E-state index contributed by atoms with van der Waals surface area (Å²) in [4.78, 5) is 0. The normalized spacial score (nSPS) is 36.2. The molecule has 0 radical (unpaired) electrons. The van der Waals surface area contributed by atoms with Gasteiger partial charge in [-0.1, -0.05) is 116 Å². The van der Waals surface area contributed by atoms with Gasteiger partial charge in [0.05, 0.1) is 0 Å². The van der Waals surface area contributed by atoms with E-state index in [-0.39, 0.29) is 0 Å². The van der Waals surface area contributed by atoms with Crippen molar-refractivity contribution in [1.82, 2.24) is 0 Å². The number of hydrogen-bond donors (Lipinski definition) is 0. The van der Waals surface area contributed by atoms with Crippen molar-refractivity contribution in [2.45, 2.75) is 154 Å². The van der Waals surface area contributed by atoms with Gasteiger partial charge in [-0.05, 0) is 79.4 Å². The second kappa shape index (κ2) is 11.0. The van der Waals surface area contributed by atoms with Crippen LogP contribution in [0.3, 0.4) is 0 Å². The molecule has 3 atom stereocenters. The Morgan fingerprint density at radius 2 is 0.903 bits per heavy atom. The second-order valence-corrected chi connectivity index (χ2v) is 13.3. The average molecular weight is 427 g/mol. The summed E-state index contributed by atoms with van der Waals surface area (Å²) < 4.78 is 0. The lowest BCUT2D eigenvalue weighted by Crippen LogP contribution is -2.49. The van der Waals surface area contributed by atoms with Crippen molar-refractivity contribution in [2.75, 3.05) is 0 Å². The predicted octanol–water partition coefficient (Wildman–Crippen LogP) is 10.1. The molecular formula is C31H54. The van der Waals surface area contributed by atoms with Gasteiger partial charge in [0.15, 0.2) is 0 Å². The fourth-order valence-corrected chi connectivity index (χ4v) is 10.1. The molecule has 0 bridgehead atoms. The van der Waals surface area contributed by atoms with Crippen LogP contribution in [0.2, 0.25) is 0 Å². The summed E-state index contributed by atoms with van der Waals surface area (Å²) in [6, 6.07) is 0. The largest absolute Gasteiger partial charge is 0.0533 e. The summed E-state index contributed by atoms with van der Waals surface area (Å²) in [7, 11) is 0. The van der Waals surface area contributed by atoms with Crippen molar-refractivity contribution < 1.29 is 0 Å². The number of fused-ring (bicyclic) bond motifs is 1. The molecule has 3 unspecified atom stereocenters. The van der Waals surface area contributed by atoms with Crippen LogP contribution in [0.5, 0.6) is 0 Å². The highest BCUT2D eigenvalue weighted by atomic mass is 14.6. The van der Waals surface area contributed by atoms with E-state index in [0.717, 1.165) is 40.9 Å². The summed E-state index contributed by atoms with van der Waals surface area (Å²) >= 11 is 0. The van der Waals surface area contributed by atoms with E-state index < -0.39 is 0 Å². The highest BCUT2D eigenvalue weighted by molar-refractivity contribution is 5.02. The fraction of sp³-hybridized carbons (Fsp3) is 1.00. The second-order valence-electron chi connectivity index (χ2n) is 13.3. The maximum absolute atomic E-state index is 1.67. The minimum Gasteiger partial charge on any atom is -0.0533 e. The van der Waals surface area contributed by atoms with Crippen molar-refractivity contribution >= 4 is 0 Å². The fourth-order valence-electron chi connectivity index (χ4n) is 10.1. The first kappa shape index (κ1) is 22.8. The van der Waals surface area contributed by atoms with Gasteiger partial charge in [0.25, 0.3) is 0 Å². The van der Waals surface area contributed by atoms with Gasteiger partial charge in [0, 0.05) is 0 Å². The maximum Gasteiger partial charge on any atom is -0.0233 e. The quantitative estimate of drug-likeness (QED) is 0.396. The molecule has 0 saturated heterocycles. The monoisotopic (exact) mass is 426 g/mol. The molecule has 5 saturated carbocycles. The van der Waals surface area contributed by atoms with E-state index in [1.807, 2.05) is 0 Å². The first-order valence-electron chi connectivity index (χ1n) is 15.3. The molecule has 0 aromatic carbocycles. The van der Waals surface area contributed by atoms with Crippen LogP contribution in [0.1, 0.15) is 154 Å². The van der Waals surface area contributed by atoms with Crippen LogP contribution >= 0.6 is 0 Å². The van der Waals surface area contributed by atoms with Crippen molar-refractivity contribution in [1.29, 1.82) is 0 Å². The molecule has 0 heterocycles. The molecule has 0 aromatic rings. The van der Waals surface area contributed by atoms with Gasteiger partial charge in [0.2, 0.25) is 0 Å². The maximum atomic E-state index is 1.67. The Bertz CT molecular complexity index is 496. The van der Waals surface area contributed by atoms with Crippen LogP contribution in [-0.4, -0.2) is 0 Å². The topological polar surface area (TPSA) is 0 Å². The van der Waals surface area contributed by atoms with Crippen LogP contribution in [0, 0.1) is 40.9 Å². The molecule has 0 heteroatoms. The van der Waals surface area contributed by atoms with E-state index in [0.29, 0.717) is 0 Å². The summed E-state index contributed by atoms with van der Waals surface area (Å²) in [6.07, 6.45) is 37.9. The molecular weight excluding hydrogens is 372 g/mol. The van der Waals surface area contributed by atoms with E-state index in [4.69, 9.17) is 0 Å². The zero-order chi connectivity index (χ0) is 20.9. The zero-order valence-electron chi connectivity index (χ0n) is 20.9. The highest BCUT2D eigenvalue weighted by Crippen LogP contribution is 2.62. The molecule has 0 amide bonds. The molecule has 5 aliphatic carbocycles. The Hall–Kier alpha value is 0. The zero-order valence-corrected chi connectivity index (χ0v) is 20.9. The smallest absolute Gasteiger partial charge is 0.0233 e. The Balaban J connectivity index is 1.43. The third-order valence-corrected chi connectivity index (χ3v) is 11.5. The molecule has 5 aliphatic rings. The van der Waals surface area contributed by atoms with Crippen molar-refractivity contribution in [3.63, 3.8) is 0 Å². The molecule has 31 heavy (non-hydrogen) atoms. The van der Waals surface area contributed by atoms with Gasteiger partial charge < -0.3 is 0 Å². The number of hydrogen-bond acceptors (Lipinski definition) is 0. The highest BCUT2D eigenvalue weighted by Gasteiger charge is 2.53. The van der Waals surface area contributed by atoms with Crippen LogP contribution < -0.4 is 0 Å². The SMILES string of the molecule is C1CCC(CC2CCC3CCCCC3C2(CC2CCCCC2)CC2CCCCC2)CC1. The Morgan fingerprint density at radius 1 is 0.419 bits per heavy atom. The minimum absolute atomic E-state index is 0.755. The van der Waals surface area contributed by atoms with Gasteiger partial charge in [0.1, 0.15) is 0 Å². The summed E-state index contributed by atoms with van der Waals surface area (Å²) in [5, 5.41) is 0. The van der Waals surface area contributed by atoms with E-state index in [2.05, 4.69) is 0 Å². The molecule has 0 aliphatic heterocycles. The van der Waals surface area contributed by atoms with Gasteiger partial charge in [-0.3, -0.25) is 0 Å². The summed E-state index contributed by atoms with van der Waals surface area (Å²) in [5.41, 5.74) is 0.755. The first-order chi connectivity index (χ1) is 15.3. The molecule has 5 rings (SSSR count). The van der Waals surface area contributed by atoms with Crippen LogP contribution in [0.4, 0.5) is 0 Å².